The van der Waals surface area contributed by atoms with Gasteiger partial charge in [0, 0.05) is 6.04 Å². The molecule has 20 heavy (non-hydrogen) atoms. The minimum Gasteiger partial charge on any atom is -0.370 e. The second-order valence-electron chi connectivity index (χ2n) is 7.48. The second kappa shape index (κ2) is 7.79. The van der Waals surface area contributed by atoms with Crippen molar-refractivity contribution >= 4 is 0 Å². The van der Waals surface area contributed by atoms with Gasteiger partial charge in [-0.25, -0.2) is 0 Å². The molecule has 0 aromatic heterocycles. The van der Waals surface area contributed by atoms with Gasteiger partial charge in [-0.05, 0) is 37.5 Å². The monoisotopic (exact) mass is 281 g/mol. The van der Waals surface area contributed by atoms with Gasteiger partial charge in [0.15, 0.2) is 0 Å². The number of ether oxygens (including phenoxy) is 1. The van der Waals surface area contributed by atoms with Crippen molar-refractivity contribution in [2.75, 3.05) is 0 Å². The summed E-state index contributed by atoms with van der Waals surface area (Å²) >= 11 is 0. The molecule has 1 aliphatic heterocycles. The van der Waals surface area contributed by atoms with Crippen LogP contribution in [0.4, 0.5) is 0 Å². The van der Waals surface area contributed by atoms with Crippen LogP contribution < -0.4 is 5.73 Å². The fraction of sp³-hybridized carbons (Fsp3) is 1.00. The highest BCUT2D eigenvalue weighted by atomic mass is 16.6. The van der Waals surface area contributed by atoms with E-state index in [0.717, 1.165) is 5.92 Å². The van der Waals surface area contributed by atoms with Gasteiger partial charge >= 0.3 is 0 Å². The lowest BCUT2D eigenvalue weighted by Gasteiger charge is -2.33. The van der Waals surface area contributed by atoms with Gasteiger partial charge in [0.2, 0.25) is 0 Å². The standard InChI is InChI=1S/C18H35NO/c1-13-9-6-4-5-7-10-16(14(2)18(13)19)11-8-12-17-15(3)20-17/h13-18H,4-12,19H2,1-3H3. The Kier molecular flexibility index (Phi) is 6.35. The number of rotatable bonds is 4. The van der Waals surface area contributed by atoms with Gasteiger partial charge in [0.25, 0.3) is 0 Å². The van der Waals surface area contributed by atoms with Gasteiger partial charge in [-0.15, -0.1) is 0 Å². The van der Waals surface area contributed by atoms with E-state index in [2.05, 4.69) is 20.8 Å². The molecule has 0 bridgehead atoms. The Labute approximate surface area is 125 Å². The van der Waals surface area contributed by atoms with Crippen LogP contribution in [-0.4, -0.2) is 18.2 Å². The van der Waals surface area contributed by atoms with E-state index in [9.17, 15) is 0 Å². The summed E-state index contributed by atoms with van der Waals surface area (Å²) in [6, 6.07) is 0.397. The molecule has 0 spiro atoms. The molecule has 118 valence electrons. The van der Waals surface area contributed by atoms with Crippen LogP contribution in [0, 0.1) is 17.8 Å². The smallest absolute Gasteiger partial charge is 0.0839 e. The first-order valence-electron chi connectivity index (χ1n) is 9.00. The lowest BCUT2D eigenvalue weighted by Crippen LogP contribution is -2.39. The normalized spacial score (nSPS) is 43.2. The van der Waals surface area contributed by atoms with Gasteiger partial charge in [0.1, 0.15) is 0 Å². The van der Waals surface area contributed by atoms with Crippen LogP contribution in [-0.2, 0) is 4.74 Å². The Morgan fingerprint density at radius 1 is 0.950 bits per heavy atom. The van der Waals surface area contributed by atoms with Gasteiger partial charge in [-0.3, -0.25) is 0 Å². The maximum absolute atomic E-state index is 6.54. The van der Waals surface area contributed by atoms with Gasteiger partial charge < -0.3 is 10.5 Å². The first-order valence-corrected chi connectivity index (χ1v) is 9.00. The molecule has 0 aromatic carbocycles. The molecule has 1 saturated carbocycles. The van der Waals surface area contributed by atoms with Gasteiger partial charge in [-0.1, -0.05) is 58.8 Å². The van der Waals surface area contributed by atoms with Crippen LogP contribution in [0.25, 0.3) is 0 Å². The van der Waals surface area contributed by atoms with Gasteiger partial charge in [-0.2, -0.15) is 0 Å². The van der Waals surface area contributed by atoms with E-state index in [4.69, 9.17) is 10.5 Å². The molecule has 2 N–H and O–H groups in total. The van der Waals surface area contributed by atoms with Crippen molar-refractivity contribution in [3.8, 4) is 0 Å². The van der Waals surface area contributed by atoms with Crippen LogP contribution in [0.15, 0.2) is 0 Å². The zero-order valence-corrected chi connectivity index (χ0v) is 13.8. The number of hydrogen-bond donors (Lipinski definition) is 1. The third-order valence-corrected chi connectivity index (χ3v) is 5.89. The third-order valence-electron chi connectivity index (χ3n) is 5.89. The highest BCUT2D eigenvalue weighted by Gasteiger charge is 2.34. The molecule has 6 unspecified atom stereocenters. The summed E-state index contributed by atoms with van der Waals surface area (Å²) in [6.07, 6.45) is 13.4. The van der Waals surface area contributed by atoms with E-state index in [1.54, 1.807) is 0 Å². The largest absolute Gasteiger partial charge is 0.370 e. The SMILES string of the molecule is CC1CCCCCCC(CCCC2OC2C)C(C)C1N. The minimum absolute atomic E-state index is 0.397. The van der Waals surface area contributed by atoms with E-state index in [-0.39, 0.29) is 0 Å². The molecular weight excluding hydrogens is 246 g/mol. The van der Waals surface area contributed by atoms with Crippen LogP contribution in [0.3, 0.4) is 0 Å². The lowest BCUT2D eigenvalue weighted by molar-refractivity contribution is 0.204. The predicted octanol–water partition coefficient (Wildman–Crippen LogP) is 4.51. The van der Waals surface area contributed by atoms with E-state index in [0.29, 0.717) is 30.1 Å². The summed E-state index contributed by atoms with van der Waals surface area (Å²) in [5.74, 6) is 2.21. The summed E-state index contributed by atoms with van der Waals surface area (Å²) in [4.78, 5) is 0. The van der Waals surface area contributed by atoms with Crippen LogP contribution in [0.5, 0.6) is 0 Å². The van der Waals surface area contributed by atoms with E-state index in [1.807, 2.05) is 0 Å². The molecule has 2 heteroatoms. The summed E-state index contributed by atoms with van der Waals surface area (Å²) in [5, 5.41) is 0. The average molecular weight is 281 g/mol. The first kappa shape index (κ1) is 16.3. The molecule has 0 radical (unpaired) electrons. The fourth-order valence-corrected chi connectivity index (χ4v) is 4.04. The number of hydrogen-bond acceptors (Lipinski definition) is 2. The molecule has 1 saturated heterocycles. The maximum atomic E-state index is 6.54. The molecule has 2 aliphatic rings. The zero-order valence-electron chi connectivity index (χ0n) is 13.8. The topological polar surface area (TPSA) is 38.5 Å². The van der Waals surface area contributed by atoms with Crippen LogP contribution in [0.1, 0.15) is 78.6 Å². The summed E-state index contributed by atoms with van der Waals surface area (Å²) in [6.45, 7) is 6.96. The second-order valence-corrected chi connectivity index (χ2v) is 7.48. The number of epoxide rings is 1. The van der Waals surface area contributed by atoms with E-state index >= 15 is 0 Å². The first-order chi connectivity index (χ1) is 9.59. The zero-order chi connectivity index (χ0) is 14.5. The van der Waals surface area contributed by atoms with Crippen molar-refractivity contribution < 1.29 is 4.74 Å². The summed E-state index contributed by atoms with van der Waals surface area (Å²) in [7, 11) is 0. The Morgan fingerprint density at radius 3 is 2.25 bits per heavy atom. The van der Waals surface area contributed by atoms with Crippen molar-refractivity contribution in [1.29, 1.82) is 0 Å². The van der Waals surface area contributed by atoms with E-state index < -0.39 is 0 Å². The lowest BCUT2D eigenvalue weighted by atomic mass is 9.75. The third kappa shape index (κ3) is 4.73. The summed E-state index contributed by atoms with van der Waals surface area (Å²) in [5.41, 5.74) is 6.54. The Hall–Kier alpha value is -0.0800. The van der Waals surface area contributed by atoms with Crippen molar-refractivity contribution in [2.45, 2.75) is 96.8 Å². The Morgan fingerprint density at radius 2 is 1.60 bits per heavy atom. The molecule has 2 rings (SSSR count). The average Bonchev–Trinajstić information content (AvgIpc) is 3.13. The molecule has 2 nitrogen and oxygen atoms in total. The van der Waals surface area contributed by atoms with Crippen LogP contribution >= 0.6 is 0 Å². The van der Waals surface area contributed by atoms with Crippen molar-refractivity contribution in [1.82, 2.24) is 0 Å². The highest BCUT2D eigenvalue weighted by molar-refractivity contribution is 4.84. The number of nitrogens with two attached hydrogens (primary N) is 1. The molecule has 1 aliphatic carbocycles. The summed E-state index contributed by atoms with van der Waals surface area (Å²) < 4.78 is 5.53. The molecule has 1 heterocycles. The van der Waals surface area contributed by atoms with Crippen molar-refractivity contribution in [2.24, 2.45) is 23.5 Å². The van der Waals surface area contributed by atoms with Crippen molar-refractivity contribution in [3.63, 3.8) is 0 Å². The Bertz CT molecular complexity index is 281. The fourth-order valence-electron chi connectivity index (χ4n) is 4.04. The quantitative estimate of drug-likeness (QED) is 0.770. The highest BCUT2D eigenvalue weighted by Crippen LogP contribution is 2.33. The molecular formula is C18H35NO. The molecule has 2 fully saturated rings. The van der Waals surface area contributed by atoms with Crippen LogP contribution in [0.2, 0.25) is 0 Å². The maximum Gasteiger partial charge on any atom is 0.0839 e. The predicted molar refractivity (Wildman–Crippen MR) is 85.7 cm³/mol. The molecule has 0 amide bonds. The van der Waals surface area contributed by atoms with Gasteiger partial charge in [0.05, 0.1) is 12.2 Å². The molecule has 6 atom stereocenters. The molecule has 0 aromatic rings. The van der Waals surface area contributed by atoms with Crippen molar-refractivity contribution in [3.05, 3.63) is 0 Å². The van der Waals surface area contributed by atoms with E-state index in [1.165, 1.54) is 57.8 Å². The minimum atomic E-state index is 0.397. The Balaban J connectivity index is 1.81.